The molecule has 222 valence electrons. The first-order chi connectivity index (χ1) is 20.0. The molecule has 0 aliphatic heterocycles. The lowest BCUT2D eigenvalue weighted by Crippen LogP contribution is -2.28. The number of fused-ring (bicyclic) bond motifs is 4. The second-order valence-corrected chi connectivity index (χ2v) is 13.5. The minimum atomic E-state index is -0.861. The van der Waals surface area contributed by atoms with Crippen LogP contribution in [-0.2, 0) is 4.74 Å². The first-order valence-corrected chi connectivity index (χ1v) is 16.6. The van der Waals surface area contributed by atoms with Crippen molar-refractivity contribution in [2.45, 2.75) is 121 Å². The van der Waals surface area contributed by atoms with Gasteiger partial charge in [-0.3, -0.25) is 0 Å². The average molecular weight is 565 g/mol. The lowest BCUT2D eigenvalue weighted by atomic mass is 9.68. The zero-order chi connectivity index (χ0) is 28.5. The van der Waals surface area contributed by atoms with Crippen LogP contribution < -0.4 is 0 Å². The Balaban J connectivity index is 1.08. The fraction of sp³-hybridized carbons (Fsp3) is 0.622. The van der Waals surface area contributed by atoms with Gasteiger partial charge in [-0.1, -0.05) is 38.0 Å². The zero-order valence-corrected chi connectivity index (χ0v) is 24.8. The molecule has 0 spiro atoms. The topological polar surface area (TPSA) is 9.23 Å². The van der Waals surface area contributed by atoms with Crippen molar-refractivity contribution in [1.29, 1.82) is 0 Å². The van der Waals surface area contributed by atoms with Crippen LogP contribution in [0.2, 0.25) is 0 Å². The van der Waals surface area contributed by atoms with Gasteiger partial charge in [0.1, 0.15) is 5.82 Å². The van der Waals surface area contributed by atoms with Crippen LogP contribution in [0.1, 0.15) is 126 Å². The van der Waals surface area contributed by atoms with Crippen LogP contribution in [0.5, 0.6) is 0 Å². The van der Waals surface area contributed by atoms with Crippen molar-refractivity contribution in [3.05, 3.63) is 59.4 Å². The third-order valence-electron chi connectivity index (χ3n) is 11.2. The van der Waals surface area contributed by atoms with Gasteiger partial charge in [0.05, 0.1) is 6.10 Å². The number of halogens is 3. The molecule has 3 saturated carbocycles. The number of rotatable bonds is 9. The van der Waals surface area contributed by atoms with Crippen LogP contribution in [0.3, 0.4) is 0 Å². The highest BCUT2D eigenvalue weighted by Crippen LogP contribution is 2.54. The molecule has 4 heteroatoms. The van der Waals surface area contributed by atoms with E-state index in [4.69, 9.17) is 4.74 Å². The molecule has 0 N–H and O–H groups in total. The van der Waals surface area contributed by atoms with Gasteiger partial charge in [0.15, 0.2) is 11.6 Å². The van der Waals surface area contributed by atoms with Gasteiger partial charge in [-0.25, -0.2) is 13.2 Å². The highest BCUT2D eigenvalue weighted by molar-refractivity contribution is 6.03. The number of unbranched alkanes of at least 4 members (excludes halogenated alkanes) is 2. The van der Waals surface area contributed by atoms with E-state index in [1.165, 1.54) is 44.9 Å². The molecule has 41 heavy (non-hydrogen) atoms. The molecule has 0 amide bonds. The van der Waals surface area contributed by atoms with Gasteiger partial charge in [-0.05, 0) is 141 Å². The summed E-state index contributed by atoms with van der Waals surface area (Å²) in [5, 5.41) is 0. The predicted octanol–water partition coefficient (Wildman–Crippen LogP) is 11.3. The highest BCUT2D eigenvalue weighted by atomic mass is 19.2. The fourth-order valence-corrected chi connectivity index (χ4v) is 8.61. The highest BCUT2D eigenvalue weighted by Gasteiger charge is 2.38. The molecule has 4 aliphatic carbocycles. The van der Waals surface area contributed by atoms with Crippen LogP contribution >= 0.6 is 0 Å². The summed E-state index contributed by atoms with van der Waals surface area (Å²) < 4.78 is 52.9. The lowest BCUT2D eigenvalue weighted by molar-refractivity contribution is 0.00634. The Bertz CT molecular complexity index is 1230. The zero-order valence-electron chi connectivity index (χ0n) is 24.8. The molecule has 0 atom stereocenters. The molecular formula is C37H47F3O. The van der Waals surface area contributed by atoms with Crippen molar-refractivity contribution in [1.82, 2.24) is 0 Å². The monoisotopic (exact) mass is 564 g/mol. The lowest BCUT2D eigenvalue weighted by Gasteiger charge is -2.38. The predicted molar refractivity (Wildman–Crippen MR) is 162 cm³/mol. The van der Waals surface area contributed by atoms with Gasteiger partial charge in [0.2, 0.25) is 0 Å². The Labute approximate surface area is 245 Å². The molecule has 2 aromatic rings. The summed E-state index contributed by atoms with van der Waals surface area (Å²) in [4.78, 5) is 0. The summed E-state index contributed by atoms with van der Waals surface area (Å²) in [5.41, 5.74) is 3.04. The van der Waals surface area contributed by atoms with E-state index in [1.54, 1.807) is 0 Å². The molecule has 2 aromatic carbocycles. The molecule has 0 radical (unpaired) electrons. The third kappa shape index (κ3) is 5.67. The van der Waals surface area contributed by atoms with Gasteiger partial charge in [-0.2, -0.15) is 0 Å². The maximum atomic E-state index is 16.0. The second kappa shape index (κ2) is 12.7. The Kier molecular flexibility index (Phi) is 8.96. The molecule has 0 saturated heterocycles. The molecule has 1 nitrogen and oxygen atoms in total. The minimum Gasteiger partial charge on any atom is -0.378 e. The van der Waals surface area contributed by atoms with Crippen molar-refractivity contribution in [3.8, 4) is 22.3 Å². The maximum absolute atomic E-state index is 16.0. The van der Waals surface area contributed by atoms with Crippen molar-refractivity contribution in [3.63, 3.8) is 0 Å². The molecular weight excluding hydrogens is 517 g/mol. The van der Waals surface area contributed by atoms with E-state index in [2.05, 4.69) is 13.5 Å². The van der Waals surface area contributed by atoms with Crippen LogP contribution in [0.25, 0.3) is 22.3 Å². The quantitative estimate of drug-likeness (QED) is 0.185. The summed E-state index contributed by atoms with van der Waals surface area (Å²) in [6, 6.07) is 5.70. The van der Waals surface area contributed by atoms with Crippen molar-refractivity contribution in [2.75, 3.05) is 6.61 Å². The molecule has 0 heterocycles. The van der Waals surface area contributed by atoms with Gasteiger partial charge >= 0.3 is 0 Å². The fourth-order valence-electron chi connectivity index (χ4n) is 8.61. The number of hydrogen-bond acceptors (Lipinski definition) is 1. The van der Waals surface area contributed by atoms with E-state index in [0.29, 0.717) is 40.2 Å². The van der Waals surface area contributed by atoms with Gasteiger partial charge in [0.25, 0.3) is 0 Å². The van der Waals surface area contributed by atoms with Crippen molar-refractivity contribution < 1.29 is 17.9 Å². The SMILES string of the molecule is C=CC1CCC(c2cc3c(c(F)c2F)-c2c-3ccc(C3CCC(C4CCC(OCCCCC)CC4)CC3)c2F)CC1. The molecule has 3 fully saturated rings. The Morgan fingerprint density at radius 2 is 1.32 bits per heavy atom. The van der Waals surface area contributed by atoms with Crippen molar-refractivity contribution >= 4 is 0 Å². The molecule has 4 aliphatic rings. The number of allylic oxidation sites excluding steroid dienone is 1. The first-order valence-electron chi connectivity index (χ1n) is 16.6. The summed E-state index contributed by atoms with van der Waals surface area (Å²) >= 11 is 0. The largest absolute Gasteiger partial charge is 0.378 e. The van der Waals surface area contributed by atoms with E-state index >= 15 is 13.2 Å². The summed E-state index contributed by atoms with van der Waals surface area (Å²) in [6.07, 6.45) is 18.7. The Morgan fingerprint density at radius 1 is 0.707 bits per heavy atom. The number of hydrogen-bond donors (Lipinski definition) is 0. The Morgan fingerprint density at radius 3 is 1.98 bits per heavy atom. The van der Waals surface area contributed by atoms with Gasteiger partial charge < -0.3 is 4.74 Å². The van der Waals surface area contributed by atoms with Gasteiger partial charge in [0, 0.05) is 17.7 Å². The third-order valence-corrected chi connectivity index (χ3v) is 11.2. The standard InChI is InChI=1S/C37H47F3O/c1-3-5-6-21-41-28-17-15-25(16-18-28)24-11-13-26(14-12-24)29-19-20-30-32-22-31(27-9-7-23(4-2)8-10-27)36(39)37(40)34(32)33(30)35(29)38/h4,19-20,22-28H,2-3,5-18,21H2,1H3. The van der Waals surface area contributed by atoms with E-state index in [1.807, 2.05) is 24.3 Å². The first kappa shape index (κ1) is 29.0. The van der Waals surface area contributed by atoms with Crippen molar-refractivity contribution in [2.24, 2.45) is 17.8 Å². The van der Waals surface area contributed by atoms with Crippen LogP contribution in [0.4, 0.5) is 13.2 Å². The molecule has 0 aromatic heterocycles. The normalized spacial score (nSPS) is 29.4. The minimum absolute atomic E-state index is 0.0164. The van der Waals surface area contributed by atoms with E-state index in [0.717, 1.165) is 69.5 Å². The molecule has 0 unspecified atom stereocenters. The van der Waals surface area contributed by atoms with Gasteiger partial charge in [-0.15, -0.1) is 6.58 Å². The second-order valence-electron chi connectivity index (χ2n) is 13.5. The Hall–Kier alpha value is -2.07. The van der Waals surface area contributed by atoms with E-state index in [9.17, 15) is 0 Å². The van der Waals surface area contributed by atoms with Crippen LogP contribution in [0, 0.1) is 35.2 Å². The number of benzene rings is 2. The van der Waals surface area contributed by atoms with E-state index < -0.39 is 11.6 Å². The summed E-state index contributed by atoms with van der Waals surface area (Å²) in [6.45, 7) is 7.02. The smallest absolute Gasteiger partial charge is 0.167 e. The maximum Gasteiger partial charge on any atom is 0.167 e. The van der Waals surface area contributed by atoms with E-state index in [-0.39, 0.29) is 23.2 Å². The average Bonchev–Trinajstić information content (AvgIpc) is 3.00. The number of ether oxygens (including phenoxy) is 1. The summed E-state index contributed by atoms with van der Waals surface area (Å²) in [7, 11) is 0. The van der Waals surface area contributed by atoms with Crippen LogP contribution in [0.15, 0.2) is 30.9 Å². The molecule has 0 bridgehead atoms. The van der Waals surface area contributed by atoms with Crippen LogP contribution in [-0.4, -0.2) is 12.7 Å². The molecule has 6 rings (SSSR count). The summed E-state index contributed by atoms with van der Waals surface area (Å²) in [5.74, 6) is 0.157.